The monoisotopic (exact) mass is 543 g/mol. The first-order chi connectivity index (χ1) is 17.7. The third kappa shape index (κ3) is 5.91. The number of hydrogen-bond acceptors (Lipinski definition) is 4. The minimum atomic E-state index is -0.148. The van der Waals surface area contributed by atoms with Gasteiger partial charge in [0.15, 0.2) is 0 Å². The average molecular weight is 545 g/mol. The number of ether oxygens (including phenoxy) is 1. The van der Waals surface area contributed by atoms with Crippen LogP contribution >= 0.6 is 23.2 Å². The fourth-order valence-electron chi connectivity index (χ4n) is 5.88. The van der Waals surface area contributed by atoms with Crippen molar-refractivity contribution in [1.82, 2.24) is 14.8 Å². The maximum absolute atomic E-state index is 13.6. The van der Waals surface area contributed by atoms with Crippen LogP contribution in [0.25, 0.3) is 0 Å². The smallest absolute Gasteiger partial charge is 0.228 e. The zero-order valence-corrected chi connectivity index (χ0v) is 23.0. The molecule has 1 aromatic carbocycles. The highest BCUT2D eigenvalue weighted by atomic mass is 35.5. The summed E-state index contributed by atoms with van der Waals surface area (Å²) in [5, 5.41) is 1.27. The van der Waals surface area contributed by atoms with Crippen LogP contribution in [0.2, 0.25) is 10.0 Å². The maximum atomic E-state index is 13.6. The largest absolute Gasteiger partial charge is 0.474 e. The SMILES string of the molecule is CC(Oc1ccc(Cl)cn1)[C@@H]1CCN(C(=O)C2CCN(C(=O)C3(C)CC3)CC2)C[C@H]1c1ccc(Cl)cc1. The molecule has 1 saturated carbocycles. The number of piperidine rings is 2. The lowest BCUT2D eigenvalue weighted by molar-refractivity contribution is -0.144. The van der Waals surface area contributed by atoms with E-state index in [1.54, 1.807) is 18.3 Å². The summed E-state index contributed by atoms with van der Waals surface area (Å²) < 4.78 is 6.23. The molecule has 198 valence electrons. The molecule has 2 saturated heterocycles. The van der Waals surface area contributed by atoms with Crippen LogP contribution in [0.5, 0.6) is 5.88 Å². The maximum Gasteiger partial charge on any atom is 0.228 e. The van der Waals surface area contributed by atoms with Crippen molar-refractivity contribution in [2.75, 3.05) is 26.2 Å². The Balaban J connectivity index is 1.26. The van der Waals surface area contributed by atoms with Crippen LogP contribution in [-0.2, 0) is 9.59 Å². The van der Waals surface area contributed by atoms with Gasteiger partial charge >= 0.3 is 0 Å². The summed E-state index contributed by atoms with van der Waals surface area (Å²) in [4.78, 5) is 34.7. The van der Waals surface area contributed by atoms with Gasteiger partial charge in [-0.25, -0.2) is 4.98 Å². The summed E-state index contributed by atoms with van der Waals surface area (Å²) in [5.74, 6) is 1.34. The first-order valence-electron chi connectivity index (χ1n) is 13.4. The summed E-state index contributed by atoms with van der Waals surface area (Å²) in [5.41, 5.74) is 1.01. The first-order valence-corrected chi connectivity index (χ1v) is 14.1. The van der Waals surface area contributed by atoms with E-state index in [4.69, 9.17) is 27.9 Å². The number of pyridine rings is 1. The van der Waals surface area contributed by atoms with Gasteiger partial charge < -0.3 is 14.5 Å². The summed E-state index contributed by atoms with van der Waals surface area (Å²) >= 11 is 12.2. The van der Waals surface area contributed by atoms with Gasteiger partial charge in [-0.3, -0.25) is 9.59 Å². The molecule has 1 aromatic heterocycles. The van der Waals surface area contributed by atoms with Crippen molar-refractivity contribution in [2.24, 2.45) is 17.3 Å². The Bertz CT molecular complexity index is 1110. The predicted octanol–water partition coefficient (Wildman–Crippen LogP) is 5.83. The zero-order chi connectivity index (χ0) is 26.2. The number of nitrogens with zero attached hydrogens (tertiary/aromatic N) is 3. The van der Waals surface area contributed by atoms with E-state index in [1.165, 1.54) is 0 Å². The van der Waals surface area contributed by atoms with Gasteiger partial charge in [-0.1, -0.05) is 42.3 Å². The molecule has 8 heteroatoms. The number of carbonyl (C=O) groups is 2. The highest BCUT2D eigenvalue weighted by Crippen LogP contribution is 2.47. The van der Waals surface area contributed by atoms with Gasteiger partial charge in [0.1, 0.15) is 6.10 Å². The lowest BCUT2D eigenvalue weighted by Gasteiger charge is -2.43. The molecule has 3 aliphatic rings. The number of aromatic nitrogens is 1. The van der Waals surface area contributed by atoms with Crippen LogP contribution in [-0.4, -0.2) is 58.9 Å². The van der Waals surface area contributed by atoms with Gasteiger partial charge in [0, 0.05) is 66.6 Å². The summed E-state index contributed by atoms with van der Waals surface area (Å²) in [7, 11) is 0. The summed E-state index contributed by atoms with van der Waals surface area (Å²) in [6.45, 7) is 6.84. The molecule has 0 N–H and O–H groups in total. The number of hydrogen-bond donors (Lipinski definition) is 0. The van der Waals surface area contributed by atoms with Gasteiger partial charge in [-0.2, -0.15) is 0 Å². The van der Waals surface area contributed by atoms with Crippen LogP contribution in [0.4, 0.5) is 0 Å². The molecule has 3 heterocycles. The minimum absolute atomic E-state index is 0.0228. The molecule has 3 fully saturated rings. The van der Waals surface area contributed by atoms with Crippen LogP contribution in [0.3, 0.4) is 0 Å². The third-order valence-electron chi connectivity index (χ3n) is 8.53. The van der Waals surface area contributed by atoms with Crippen molar-refractivity contribution >= 4 is 35.0 Å². The average Bonchev–Trinajstić information content (AvgIpc) is 3.67. The number of likely N-dealkylation sites (tertiary alicyclic amines) is 2. The van der Waals surface area contributed by atoms with Gasteiger partial charge in [0.2, 0.25) is 17.7 Å². The summed E-state index contributed by atoms with van der Waals surface area (Å²) in [6.07, 6.45) is 5.80. The molecule has 0 spiro atoms. The molecule has 0 bridgehead atoms. The van der Waals surface area contributed by atoms with E-state index >= 15 is 0 Å². The Hall–Kier alpha value is -2.31. The Morgan fingerprint density at radius 1 is 0.973 bits per heavy atom. The van der Waals surface area contributed by atoms with E-state index in [1.807, 2.05) is 21.9 Å². The minimum Gasteiger partial charge on any atom is -0.474 e. The Morgan fingerprint density at radius 3 is 2.24 bits per heavy atom. The van der Waals surface area contributed by atoms with Gasteiger partial charge in [-0.05, 0) is 62.8 Å². The Morgan fingerprint density at radius 2 is 1.62 bits per heavy atom. The van der Waals surface area contributed by atoms with Crippen molar-refractivity contribution in [1.29, 1.82) is 0 Å². The van der Waals surface area contributed by atoms with Crippen molar-refractivity contribution in [3.63, 3.8) is 0 Å². The first kappa shape index (κ1) is 26.3. The van der Waals surface area contributed by atoms with Crippen molar-refractivity contribution < 1.29 is 14.3 Å². The molecule has 2 aliphatic heterocycles. The fourth-order valence-corrected chi connectivity index (χ4v) is 6.11. The van der Waals surface area contributed by atoms with Crippen molar-refractivity contribution in [3.05, 3.63) is 58.2 Å². The second-order valence-corrected chi connectivity index (χ2v) is 12.0. The predicted molar refractivity (Wildman–Crippen MR) is 145 cm³/mol. The lowest BCUT2D eigenvalue weighted by Crippen LogP contribution is -2.50. The number of benzene rings is 1. The molecule has 3 atom stereocenters. The highest BCUT2D eigenvalue weighted by molar-refractivity contribution is 6.30. The number of carbonyl (C=O) groups excluding carboxylic acids is 2. The van der Waals surface area contributed by atoms with E-state index in [-0.39, 0.29) is 41.1 Å². The molecular weight excluding hydrogens is 509 g/mol. The van der Waals surface area contributed by atoms with Crippen molar-refractivity contribution in [2.45, 2.75) is 58.0 Å². The lowest BCUT2D eigenvalue weighted by atomic mass is 9.77. The van der Waals surface area contributed by atoms with E-state index in [2.05, 4.69) is 31.0 Å². The topological polar surface area (TPSA) is 62.7 Å². The quantitative estimate of drug-likeness (QED) is 0.460. The number of amides is 2. The Labute approximate surface area is 229 Å². The molecule has 2 aromatic rings. The van der Waals surface area contributed by atoms with Crippen LogP contribution in [0.1, 0.15) is 57.4 Å². The number of halogens is 2. The van der Waals surface area contributed by atoms with Crippen LogP contribution < -0.4 is 4.74 Å². The third-order valence-corrected chi connectivity index (χ3v) is 9.01. The van der Waals surface area contributed by atoms with E-state index in [0.29, 0.717) is 42.1 Å². The van der Waals surface area contributed by atoms with Gasteiger partial charge in [-0.15, -0.1) is 0 Å². The number of rotatable bonds is 6. The standard InChI is InChI=1S/C29H35Cl2N3O3/c1-19(37-26-8-7-23(31)17-32-26)24-11-16-34(18-25(24)20-3-5-22(30)6-4-20)27(35)21-9-14-33(15-10-21)28(36)29(2)12-13-29/h3-8,17,19,21,24-25H,9-16,18H2,1-2H3/t19?,24-,25-/m0/s1. The fraction of sp³-hybridized carbons (Fsp3) is 0.552. The molecule has 0 radical (unpaired) electrons. The molecule has 5 rings (SSSR count). The van der Waals surface area contributed by atoms with E-state index in [0.717, 1.165) is 37.7 Å². The molecule has 1 unspecified atom stereocenters. The van der Waals surface area contributed by atoms with Crippen LogP contribution in [0, 0.1) is 17.3 Å². The molecule has 6 nitrogen and oxygen atoms in total. The molecule has 1 aliphatic carbocycles. The van der Waals surface area contributed by atoms with E-state index < -0.39 is 0 Å². The zero-order valence-electron chi connectivity index (χ0n) is 21.5. The normalized spacial score (nSPS) is 24.4. The molecular formula is C29H35Cl2N3O3. The summed E-state index contributed by atoms with van der Waals surface area (Å²) in [6, 6.07) is 11.5. The van der Waals surface area contributed by atoms with Crippen LogP contribution in [0.15, 0.2) is 42.6 Å². The highest BCUT2D eigenvalue weighted by Gasteiger charge is 2.48. The van der Waals surface area contributed by atoms with Gasteiger partial charge in [0.05, 0.1) is 5.02 Å². The van der Waals surface area contributed by atoms with Crippen molar-refractivity contribution in [3.8, 4) is 5.88 Å². The van der Waals surface area contributed by atoms with Gasteiger partial charge in [0.25, 0.3) is 0 Å². The Kier molecular flexibility index (Phi) is 7.69. The molecule has 2 amide bonds. The van der Waals surface area contributed by atoms with E-state index in [9.17, 15) is 9.59 Å². The second kappa shape index (κ2) is 10.8. The second-order valence-electron chi connectivity index (χ2n) is 11.2. The molecule has 37 heavy (non-hydrogen) atoms.